The normalized spacial score (nSPS) is 17.1. The van der Waals surface area contributed by atoms with E-state index in [-0.39, 0.29) is 64.1 Å². The summed E-state index contributed by atoms with van der Waals surface area (Å²) in [5, 5.41) is 23.8. The number of amides is 1. The minimum Gasteiger partial charge on any atom is -0.369 e. The van der Waals surface area contributed by atoms with Crippen LogP contribution in [-0.2, 0) is 32.5 Å². The number of nitrogens with one attached hydrogen (secondary N) is 2. The second-order valence-corrected chi connectivity index (χ2v) is 13.7. The predicted molar refractivity (Wildman–Crippen MR) is 176 cm³/mol. The Kier molecular flexibility index (Phi) is 8.77. The zero-order valence-corrected chi connectivity index (χ0v) is 27.6. The Morgan fingerprint density at radius 1 is 0.980 bits per heavy atom. The molecule has 0 bridgehead atoms. The third-order valence-corrected chi connectivity index (χ3v) is 10.1. The smallest absolute Gasteiger partial charge is 0.369 e. The Bertz CT molecular complexity index is 2020. The number of hydrogen-bond acceptors (Lipinski definition) is 7. The Labute approximate surface area is 289 Å². The first-order chi connectivity index (χ1) is 24.2. The number of benzene rings is 2. The maximum Gasteiger partial charge on any atom is 0.416 e. The summed E-state index contributed by atoms with van der Waals surface area (Å²) in [7, 11) is 1.64. The van der Waals surface area contributed by atoms with Gasteiger partial charge in [-0.15, -0.1) is 10.2 Å². The minimum absolute atomic E-state index is 0.0404. The quantitative estimate of drug-likeness (QED) is 0.161. The van der Waals surface area contributed by atoms with E-state index in [1.807, 2.05) is 0 Å². The van der Waals surface area contributed by atoms with E-state index < -0.39 is 35.9 Å². The molecule has 9 nitrogen and oxygen atoms in total. The molecule has 3 aliphatic rings. The molecule has 15 heteroatoms. The van der Waals surface area contributed by atoms with E-state index in [2.05, 4.69) is 31.9 Å². The average molecular weight is 709 g/mol. The summed E-state index contributed by atoms with van der Waals surface area (Å²) < 4.78 is 87.2. The van der Waals surface area contributed by atoms with E-state index in [1.165, 1.54) is 30.6 Å². The molecule has 1 aliphatic heterocycles. The average Bonchev–Trinajstić information content (AvgIpc) is 3.38. The molecule has 2 saturated carbocycles. The van der Waals surface area contributed by atoms with Crippen molar-refractivity contribution < 1.29 is 31.1 Å². The lowest BCUT2D eigenvalue weighted by atomic mass is 9.96. The number of aryl methyl sites for hydroxylation is 1. The van der Waals surface area contributed by atoms with Gasteiger partial charge in [0.05, 0.1) is 23.7 Å². The number of pyridine rings is 1. The lowest BCUT2D eigenvalue weighted by Crippen LogP contribution is -2.26. The molecule has 0 unspecified atom stereocenters. The molecule has 3 heterocycles. The number of carbonyl (C=O) groups is 1. The summed E-state index contributed by atoms with van der Waals surface area (Å²) in [6.45, 7) is 0.0617. The van der Waals surface area contributed by atoms with Crippen LogP contribution >= 0.6 is 0 Å². The van der Waals surface area contributed by atoms with Gasteiger partial charge >= 0.3 is 12.4 Å². The second kappa shape index (κ2) is 13.0. The molecule has 1 amide bonds. The van der Waals surface area contributed by atoms with E-state index >= 15 is 0 Å². The number of nitriles is 1. The van der Waals surface area contributed by atoms with Crippen LogP contribution < -0.4 is 15.5 Å². The van der Waals surface area contributed by atoms with Crippen LogP contribution in [0.1, 0.15) is 77.6 Å². The van der Waals surface area contributed by atoms with Crippen LogP contribution in [0.4, 0.5) is 38.0 Å². The SMILES string of the molecule is Cn1cnnc1-c1ccc(C(F)(F)F)cc1-c1cc(NCC2(CC#N)CC2)nc(N2Cc3c(cc(CNC4CCCC4)cc3C(F)(F)F)C2=O)c1. The molecule has 266 valence electrons. The maximum atomic E-state index is 14.5. The first-order valence-electron chi connectivity index (χ1n) is 16.7. The molecule has 0 atom stereocenters. The molecule has 2 fully saturated rings. The first kappa shape index (κ1) is 34.5. The van der Waals surface area contributed by atoms with Crippen molar-refractivity contribution in [3.63, 3.8) is 0 Å². The van der Waals surface area contributed by atoms with E-state index in [9.17, 15) is 36.4 Å². The van der Waals surface area contributed by atoms with Crippen LogP contribution in [-0.4, -0.2) is 38.2 Å². The van der Waals surface area contributed by atoms with Crippen molar-refractivity contribution in [2.45, 2.75) is 76.4 Å². The van der Waals surface area contributed by atoms with Crippen molar-refractivity contribution in [1.82, 2.24) is 25.1 Å². The maximum absolute atomic E-state index is 14.5. The van der Waals surface area contributed by atoms with Crippen molar-refractivity contribution in [3.8, 4) is 28.6 Å². The molecule has 2 aliphatic carbocycles. The van der Waals surface area contributed by atoms with Crippen LogP contribution in [0.15, 0.2) is 48.8 Å². The van der Waals surface area contributed by atoms with E-state index in [1.54, 1.807) is 11.6 Å². The summed E-state index contributed by atoms with van der Waals surface area (Å²) in [4.78, 5) is 19.8. The third-order valence-electron chi connectivity index (χ3n) is 10.1. The van der Waals surface area contributed by atoms with Gasteiger partial charge in [0.2, 0.25) is 0 Å². The number of fused-ring (bicyclic) bond motifs is 1. The Balaban J connectivity index is 1.32. The summed E-state index contributed by atoms with van der Waals surface area (Å²) in [6.07, 6.45) is -2.19. The highest BCUT2D eigenvalue weighted by molar-refractivity contribution is 6.10. The zero-order valence-electron chi connectivity index (χ0n) is 27.6. The number of alkyl halides is 6. The monoisotopic (exact) mass is 708 g/mol. The fraction of sp³-hybridized carbons (Fsp3) is 0.417. The van der Waals surface area contributed by atoms with Gasteiger partial charge in [-0.1, -0.05) is 12.8 Å². The molecule has 0 saturated heterocycles. The van der Waals surface area contributed by atoms with Crippen molar-refractivity contribution >= 4 is 17.5 Å². The number of anilines is 2. The fourth-order valence-corrected chi connectivity index (χ4v) is 7.02. The largest absolute Gasteiger partial charge is 0.416 e. The Morgan fingerprint density at radius 3 is 2.39 bits per heavy atom. The first-order valence-corrected chi connectivity index (χ1v) is 16.7. The summed E-state index contributed by atoms with van der Waals surface area (Å²) >= 11 is 0. The number of rotatable bonds is 10. The van der Waals surface area contributed by atoms with Crippen molar-refractivity contribution in [2.24, 2.45) is 12.5 Å². The molecular formula is C36H34F6N8O. The number of halogens is 6. The molecule has 51 heavy (non-hydrogen) atoms. The lowest BCUT2D eigenvalue weighted by molar-refractivity contribution is -0.138. The molecule has 4 aromatic rings. The van der Waals surface area contributed by atoms with Gasteiger partial charge in [-0.05, 0) is 90.4 Å². The molecule has 0 radical (unpaired) electrons. The summed E-state index contributed by atoms with van der Waals surface area (Å²) in [5.41, 5.74) is -1.46. The van der Waals surface area contributed by atoms with Gasteiger partial charge in [-0.2, -0.15) is 31.6 Å². The van der Waals surface area contributed by atoms with Gasteiger partial charge in [-0.3, -0.25) is 9.69 Å². The number of carbonyl (C=O) groups excluding carboxylic acids is 1. The van der Waals surface area contributed by atoms with Crippen LogP contribution in [0.3, 0.4) is 0 Å². The predicted octanol–water partition coefficient (Wildman–Crippen LogP) is 7.88. The second-order valence-electron chi connectivity index (χ2n) is 13.7. The van der Waals surface area contributed by atoms with Gasteiger partial charge in [0.15, 0.2) is 5.82 Å². The van der Waals surface area contributed by atoms with Crippen LogP contribution in [0.25, 0.3) is 22.5 Å². The van der Waals surface area contributed by atoms with Gasteiger partial charge in [-0.25, -0.2) is 4.98 Å². The standard InChI is InChI=1S/C36H34F6N8O/c1-49-20-46-48-32(49)25-7-6-23(35(37,38)39)16-26(25)22-14-30(45-19-34(8-9-34)10-11-43)47-31(15-22)50-18-28-27(33(50)51)12-21(13-29(28)36(40,41)42)17-44-24-4-2-3-5-24/h6-7,12-16,20,24,44H,2-5,8-10,17-19H2,1H3,(H,45,47). The van der Waals surface area contributed by atoms with E-state index in [0.29, 0.717) is 17.7 Å². The Hall–Kier alpha value is -4.97. The molecule has 2 aromatic carbocycles. The summed E-state index contributed by atoms with van der Waals surface area (Å²) in [6, 6.07) is 11.1. The van der Waals surface area contributed by atoms with Gasteiger partial charge in [0, 0.05) is 49.1 Å². The van der Waals surface area contributed by atoms with Crippen molar-refractivity contribution in [3.05, 3.63) is 76.6 Å². The highest BCUT2D eigenvalue weighted by Crippen LogP contribution is 2.49. The molecular weight excluding hydrogens is 674 g/mol. The highest BCUT2D eigenvalue weighted by Gasteiger charge is 2.43. The fourth-order valence-electron chi connectivity index (χ4n) is 7.02. The van der Waals surface area contributed by atoms with E-state index in [4.69, 9.17) is 0 Å². The third kappa shape index (κ3) is 7.01. The van der Waals surface area contributed by atoms with Gasteiger partial charge in [0.1, 0.15) is 18.0 Å². The van der Waals surface area contributed by atoms with Crippen LogP contribution in [0.5, 0.6) is 0 Å². The molecule has 2 N–H and O–H groups in total. The Morgan fingerprint density at radius 2 is 1.75 bits per heavy atom. The topological polar surface area (TPSA) is 112 Å². The number of aromatic nitrogens is 4. The van der Waals surface area contributed by atoms with Gasteiger partial charge in [0.25, 0.3) is 5.91 Å². The molecule has 7 rings (SSSR count). The van der Waals surface area contributed by atoms with Crippen LogP contribution in [0.2, 0.25) is 0 Å². The summed E-state index contributed by atoms with van der Waals surface area (Å²) in [5.74, 6) is -0.277. The van der Waals surface area contributed by atoms with E-state index in [0.717, 1.165) is 61.6 Å². The molecule has 2 aromatic heterocycles. The number of nitrogens with zero attached hydrogens (tertiary/aromatic N) is 6. The number of hydrogen-bond donors (Lipinski definition) is 2. The zero-order chi connectivity index (χ0) is 36.1. The van der Waals surface area contributed by atoms with Crippen molar-refractivity contribution in [2.75, 3.05) is 16.8 Å². The van der Waals surface area contributed by atoms with Crippen LogP contribution in [0, 0.1) is 16.7 Å². The molecule has 0 spiro atoms. The minimum atomic E-state index is -4.74. The van der Waals surface area contributed by atoms with Gasteiger partial charge < -0.3 is 15.2 Å². The lowest BCUT2D eigenvalue weighted by Gasteiger charge is -2.21. The van der Waals surface area contributed by atoms with Crippen molar-refractivity contribution in [1.29, 1.82) is 5.26 Å². The highest BCUT2D eigenvalue weighted by atomic mass is 19.4.